The summed E-state index contributed by atoms with van der Waals surface area (Å²) >= 11 is 5.94. The van der Waals surface area contributed by atoms with Crippen LogP contribution in [-0.4, -0.2) is 9.55 Å². The van der Waals surface area contributed by atoms with Crippen molar-refractivity contribution in [1.29, 1.82) is 0 Å². The molecule has 19 heavy (non-hydrogen) atoms. The lowest BCUT2D eigenvalue weighted by Crippen LogP contribution is -2.36. The van der Waals surface area contributed by atoms with Crippen LogP contribution in [0.5, 0.6) is 0 Å². The number of halogens is 1. The second-order valence-corrected chi connectivity index (χ2v) is 4.78. The second-order valence-electron chi connectivity index (χ2n) is 4.40. The molecule has 1 heterocycles. The molecule has 1 aromatic carbocycles. The smallest absolute Gasteiger partial charge is 0.297 e. The average Bonchev–Trinajstić information content (AvgIpc) is 2.36. The first kappa shape index (κ1) is 13.6. The van der Waals surface area contributed by atoms with E-state index in [1.807, 2.05) is 26.0 Å². The molecule has 0 saturated carbocycles. The zero-order chi connectivity index (χ0) is 14.0. The molecule has 0 aliphatic carbocycles. The predicted octanol–water partition coefficient (Wildman–Crippen LogP) is 2.44. The Bertz CT molecular complexity index is 716. The van der Waals surface area contributed by atoms with Gasteiger partial charge in [0, 0.05) is 0 Å². The van der Waals surface area contributed by atoms with Gasteiger partial charge in [0.05, 0.1) is 11.3 Å². The molecule has 0 radical (unpaired) electrons. The Morgan fingerprint density at radius 2 is 1.95 bits per heavy atom. The third-order valence-electron chi connectivity index (χ3n) is 3.00. The number of aryl methyl sites for hydroxylation is 1. The highest BCUT2D eigenvalue weighted by Crippen LogP contribution is 2.12. The highest BCUT2D eigenvalue weighted by molar-refractivity contribution is 6.30. The summed E-state index contributed by atoms with van der Waals surface area (Å²) in [6.07, 6.45) is 1.33. The van der Waals surface area contributed by atoms with Gasteiger partial charge in [0.1, 0.15) is 5.15 Å². The summed E-state index contributed by atoms with van der Waals surface area (Å²) in [6.45, 7) is 3.81. The van der Waals surface area contributed by atoms with Crippen LogP contribution in [0.25, 0.3) is 5.69 Å². The van der Waals surface area contributed by atoms with E-state index < -0.39 is 5.69 Å². The van der Waals surface area contributed by atoms with Crippen molar-refractivity contribution in [3.63, 3.8) is 0 Å². The van der Waals surface area contributed by atoms with Crippen LogP contribution in [0, 0.1) is 6.92 Å². The van der Waals surface area contributed by atoms with Gasteiger partial charge in [-0.2, -0.15) is 0 Å². The molecular formula is C14H15ClN2O2. The number of hydrogen-bond acceptors (Lipinski definition) is 2. The summed E-state index contributed by atoms with van der Waals surface area (Å²) in [6, 6.07) is 7.26. The summed E-state index contributed by atoms with van der Waals surface area (Å²) in [5.74, 6) is 0. The molecule has 5 heteroatoms. The molecule has 2 aromatic rings. The summed E-state index contributed by atoms with van der Waals surface area (Å²) in [5, 5.41) is 0.140. The molecule has 0 amide bonds. The van der Waals surface area contributed by atoms with Gasteiger partial charge in [-0.1, -0.05) is 43.1 Å². The molecule has 0 fully saturated rings. The number of hydrogen-bond donors (Lipinski definition) is 1. The third kappa shape index (κ3) is 2.49. The molecule has 1 N–H and O–H groups in total. The number of benzene rings is 1. The molecule has 100 valence electrons. The molecule has 0 aliphatic rings. The van der Waals surface area contributed by atoms with Crippen molar-refractivity contribution in [3.8, 4) is 5.69 Å². The van der Waals surface area contributed by atoms with Gasteiger partial charge in [0.25, 0.3) is 5.56 Å². The average molecular weight is 279 g/mol. The van der Waals surface area contributed by atoms with Gasteiger partial charge in [-0.15, -0.1) is 0 Å². The Balaban J connectivity index is 2.78. The monoisotopic (exact) mass is 278 g/mol. The minimum absolute atomic E-state index is 0.140. The van der Waals surface area contributed by atoms with Crippen molar-refractivity contribution in [1.82, 2.24) is 9.55 Å². The standard InChI is InChI=1S/C14H15ClN2O2/c1-3-6-10-12(15)16-14(19)17(13(10)18)11-8-5-4-7-9(11)2/h4-5,7-8H,3,6H2,1-2H3,(H,16,19). The zero-order valence-corrected chi connectivity index (χ0v) is 11.6. The Morgan fingerprint density at radius 1 is 1.26 bits per heavy atom. The molecule has 0 saturated heterocycles. The summed E-state index contributed by atoms with van der Waals surface area (Å²) in [4.78, 5) is 26.9. The Morgan fingerprint density at radius 3 is 2.58 bits per heavy atom. The molecule has 0 spiro atoms. The second kappa shape index (κ2) is 5.45. The Kier molecular flexibility index (Phi) is 3.90. The van der Waals surface area contributed by atoms with E-state index in [1.165, 1.54) is 0 Å². The van der Waals surface area contributed by atoms with Crippen molar-refractivity contribution in [2.24, 2.45) is 0 Å². The molecule has 4 nitrogen and oxygen atoms in total. The number of H-pyrrole nitrogens is 1. The third-order valence-corrected chi connectivity index (χ3v) is 3.32. The van der Waals surface area contributed by atoms with E-state index in [2.05, 4.69) is 4.98 Å². The van der Waals surface area contributed by atoms with Gasteiger partial charge >= 0.3 is 5.69 Å². The van der Waals surface area contributed by atoms with Gasteiger partial charge in [0.15, 0.2) is 0 Å². The SMILES string of the molecule is CCCc1c(Cl)[nH]c(=O)n(-c2ccccc2C)c1=O. The van der Waals surface area contributed by atoms with Gasteiger partial charge in [-0.05, 0) is 25.0 Å². The molecule has 0 aliphatic heterocycles. The number of nitrogens with zero attached hydrogens (tertiary/aromatic N) is 1. The van der Waals surface area contributed by atoms with Crippen LogP contribution >= 0.6 is 11.6 Å². The van der Waals surface area contributed by atoms with Gasteiger partial charge < -0.3 is 0 Å². The maximum absolute atomic E-state index is 12.4. The van der Waals surface area contributed by atoms with Crippen molar-refractivity contribution in [2.45, 2.75) is 26.7 Å². The fraction of sp³-hybridized carbons (Fsp3) is 0.286. The molecule has 0 bridgehead atoms. The topological polar surface area (TPSA) is 54.9 Å². The van der Waals surface area contributed by atoms with Crippen molar-refractivity contribution in [3.05, 3.63) is 61.4 Å². The maximum atomic E-state index is 12.4. The van der Waals surface area contributed by atoms with E-state index >= 15 is 0 Å². The first-order valence-electron chi connectivity index (χ1n) is 6.16. The van der Waals surface area contributed by atoms with E-state index in [1.54, 1.807) is 12.1 Å². The number of nitrogens with one attached hydrogen (secondary N) is 1. The number of para-hydroxylation sites is 1. The van der Waals surface area contributed by atoms with Crippen LogP contribution in [0.4, 0.5) is 0 Å². The Labute approximate surface area is 115 Å². The normalized spacial score (nSPS) is 10.7. The fourth-order valence-electron chi connectivity index (χ4n) is 2.05. The van der Waals surface area contributed by atoms with Gasteiger partial charge in [0.2, 0.25) is 0 Å². The lowest BCUT2D eigenvalue weighted by Gasteiger charge is -2.10. The molecule has 0 atom stereocenters. The minimum Gasteiger partial charge on any atom is -0.297 e. The quantitative estimate of drug-likeness (QED) is 0.877. The zero-order valence-electron chi connectivity index (χ0n) is 10.9. The van der Waals surface area contributed by atoms with E-state index in [9.17, 15) is 9.59 Å². The maximum Gasteiger partial charge on any atom is 0.334 e. The van der Waals surface area contributed by atoms with Crippen LogP contribution in [0.3, 0.4) is 0 Å². The highest BCUT2D eigenvalue weighted by atomic mass is 35.5. The van der Waals surface area contributed by atoms with Crippen molar-refractivity contribution in [2.75, 3.05) is 0 Å². The van der Waals surface area contributed by atoms with E-state index in [0.29, 0.717) is 17.7 Å². The number of aromatic nitrogens is 2. The van der Waals surface area contributed by atoms with Crippen LogP contribution in [0.15, 0.2) is 33.9 Å². The summed E-state index contributed by atoms with van der Waals surface area (Å²) in [7, 11) is 0. The van der Waals surface area contributed by atoms with Crippen LogP contribution in [0.2, 0.25) is 5.15 Å². The first-order valence-corrected chi connectivity index (χ1v) is 6.53. The first-order chi connectivity index (χ1) is 9.06. The largest absolute Gasteiger partial charge is 0.334 e. The van der Waals surface area contributed by atoms with Crippen molar-refractivity contribution >= 4 is 11.6 Å². The van der Waals surface area contributed by atoms with Gasteiger partial charge in [-0.3, -0.25) is 9.78 Å². The lowest BCUT2D eigenvalue weighted by molar-refractivity contribution is 0.808. The lowest BCUT2D eigenvalue weighted by atomic mass is 10.1. The van der Waals surface area contributed by atoms with E-state index in [-0.39, 0.29) is 10.7 Å². The molecule has 2 rings (SSSR count). The number of rotatable bonds is 3. The van der Waals surface area contributed by atoms with E-state index in [4.69, 9.17) is 11.6 Å². The predicted molar refractivity (Wildman–Crippen MR) is 76.4 cm³/mol. The van der Waals surface area contributed by atoms with Crippen molar-refractivity contribution < 1.29 is 0 Å². The molecule has 1 aromatic heterocycles. The Hall–Kier alpha value is -1.81. The van der Waals surface area contributed by atoms with Crippen LogP contribution in [0.1, 0.15) is 24.5 Å². The summed E-state index contributed by atoms with van der Waals surface area (Å²) in [5.41, 5.74) is 1.05. The van der Waals surface area contributed by atoms with Crippen LogP contribution < -0.4 is 11.2 Å². The highest BCUT2D eigenvalue weighted by Gasteiger charge is 2.14. The summed E-state index contributed by atoms with van der Waals surface area (Å²) < 4.78 is 1.15. The van der Waals surface area contributed by atoms with Gasteiger partial charge in [-0.25, -0.2) is 9.36 Å². The number of aromatic amines is 1. The van der Waals surface area contributed by atoms with Crippen LogP contribution in [-0.2, 0) is 6.42 Å². The van der Waals surface area contributed by atoms with E-state index in [0.717, 1.165) is 16.6 Å². The molecule has 0 unspecified atom stereocenters. The minimum atomic E-state index is -0.510. The molecular weight excluding hydrogens is 264 g/mol. The fourth-order valence-corrected chi connectivity index (χ4v) is 2.30.